The zero-order valence-corrected chi connectivity index (χ0v) is 13.6. The van der Waals surface area contributed by atoms with Gasteiger partial charge in [-0.1, -0.05) is 26.7 Å². The fourth-order valence-electron chi connectivity index (χ4n) is 1.86. The molecule has 0 saturated carbocycles. The summed E-state index contributed by atoms with van der Waals surface area (Å²) in [6.07, 6.45) is 9.27. The Morgan fingerprint density at radius 3 is 1.88 bits per heavy atom. The molecule has 2 nitrogen and oxygen atoms in total. The second-order valence-corrected chi connectivity index (χ2v) is 5.18. The molecule has 0 unspecified atom stereocenters. The predicted molar refractivity (Wildman–Crippen MR) is 76.0 cm³/mol. The van der Waals surface area contributed by atoms with Gasteiger partial charge in [-0.2, -0.15) is 0 Å². The highest BCUT2D eigenvalue weighted by Crippen LogP contribution is 2.03. The van der Waals surface area contributed by atoms with Gasteiger partial charge in [0.2, 0.25) is 0 Å². The molecule has 0 amide bonds. The number of hydrogen-bond acceptors (Lipinski definition) is 2. The number of rotatable bonds is 12. The average molecular weight is 245 g/mol. The van der Waals surface area contributed by atoms with Crippen LogP contribution in [-0.4, -0.2) is 41.6 Å². The van der Waals surface area contributed by atoms with E-state index in [4.69, 9.17) is 4.43 Å². The Balaban J connectivity index is 3.48. The molecule has 0 bridgehead atoms. The van der Waals surface area contributed by atoms with Crippen LogP contribution in [0.5, 0.6) is 0 Å². The quantitative estimate of drug-likeness (QED) is 0.387. The highest BCUT2D eigenvalue weighted by molar-refractivity contribution is 5.97. The van der Waals surface area contributed by atoms with E-state index in [1.54, 1.807) is 0 Å². The maximum absolute atomic E-state index is 5.20. The minimum atomic E-state index is 0.896. The van der Waals surface area contributed by atoms with Gasteiger partial charge in [0.1, 0.15) is 10.5 Å². The van der Waals surface area contributed by atoms with E-state index in [0.29, 0.717) is 0 Å². The molecule has 0 aromatic rings. The first-order valence-electron chi connectivity index (χ1n) is 7.06. The molecule has 98 valence electrons. The Morgan fingerprint density at radius 1 is 0.812 bits per heavy atom. The molecule has 0 heterocycles. The van der Waals surface area contributed by atoms with Gasteiger partial charge < -0.3 is 9.33 Å². The highest BCUT2D eigenvalue weighted by Gasteiger charge is 2.02. The van der Waals surface area contributed by atoms with Gasteiger partial charge in [-0.05, 0) is 51.7 Å². The second kappa shape index (κ2) is 13.2. The van der Waals surface area contributed by atoms with Gasteiger partial charge in [0.05, 0.1) is 0 Å². The molecule has 0 N–H and O–H groups in total. The van der Waals surface area contributed by atoms with E-state index in [2.05, 4.69) is 18.7 Å². The molecular formula is C13H31NOSi. The smallest absolute Gasteiger partial charge is 0.145 e. The Bertz CT molecular complexity index is 125. The van der Waals surface area contributed by atoms with Crippen molar-refractivity contribution in [3.8, 4) is 0 Å². The van der Waals surface area contributed by atoms with E-state index in [1.807, 2.05) is 0 Å². The summed E-state index contributed by atoms with van der Waals surface area (Å²) < 4.78 is 5.20. The van der Waals surface area contributed by atoms with Crippen molar-refractivity contribution in [3.63, 3.8) is 0 Å². The van der Waals surface area contributed by atoms with Gasteiger partial charge in [-0.25, -0.2) is 0 Å². The van der Waals surface area contributed by atoms with Gasteiger partial charge in [0, 0.05) is 6.61 Å². The van der Waals surface area contributed by atoms with Gasteiger partial charge in [0.25, 0.3) is 0 Å². The van der Waals surface area contributed by atoms with E-state index in [-0.39, 0.29) is 0 Å². The van der Waals surface area contributed by atoms with Crippen LogP contribution in [0.1, 0.15) is 58.8 Å². The summed E-state index contributed by atoms with van der Waals surface area (Å²) in [6.45, 7) is 9.43. The lowest BCUT2D eigenvalue weighted by Gasteiger charge is -2.21. The molecular weight excluding hydrogens is 214 g/mol. The van der Waals surface area contributed by atoms with Gasteiger partial charge >= 0.3 is 0 Å². The van der Waals surface area contributed by atoms with Gasteiger partial charge in [0.15, 0.2) is 0 Å². The molecule has 0 atom stereocenters. The topological polar surface area (TPSA) is 12.5 Å². The van der Waals surface area contributed by atoms with Crippen LogP contribution in [0.15, 0.2) is 0 Å². The SMILES string of the molecule is CCCCN(CCCC)CCCCCO[SiH3]. The third-order valence-electron chi connectivity index (χ3n) is 2.98. The molecule has 0 aromatic carbocycles. The third-order valence-corrected chi connectivity index (χ3v) is 3.39. The van der Waals surface area contributed by atoms with Crippen molar-refractivity contribution in [2.45, 2.75) is 58.8 Å². The van der Waals surface area contributed by atoms with E-state index in [1.165, 1.54) is 64.6 Å². The summed E-state index contributed by atoms with van der Waals surface area (Å²) in [5.74, 6) is 0. The van der Waals surface area contributed by atoms with Crippen LogP contribution in [0.2, 0.25) is 0 Å². The van der Waals surface area contributed by atoms with Crippen LogP contribution in [0.4, 0.5) is 0 Å². The van der Waals surface area contributed by atoms with E-state index >= 15 is 0 Å². The van der Waals surface area contributed by atoms with Crippen molar-refractivity contribution >= 4 is 10.5 Å². The summed E-state index contributed by atoms with van der Waals surface area (Å²) in [4.78, 5) is 2.65. The average Bonchev–Trinajstić information content (AvgIpc) is 2.31. The van der Waals surface area contributed by atoms with Crippen LogP contribution in [0.25, 0.3) is 0 Å². The van der Waals surface area contributed by atoms with Crippen LogP contribution >= 0.6 is 0 Å². The van der Waals surface area contributed by atoms with Crippen molar-refractivity contribution in [2.24, 2.45) is 0 Å². The Kier molecular flexibility index (Phi) is 13.3. The molecule has 0 aromatic heterocycles. The van der Waals surface area contributed by atoms with Crippen molar-refractivity contribution in [1.82, 2.24) is 4.90 Å². The monoisotopic (exact) mass is 245 g/mol. The van der Waals surface area contributed by atoms with Crippen molar-refractivity contribution in [1.29, 1.82) is 0 Å². The van der Waals surface area contributed by atoms with Gasteiger partial charge in [-0.15, -0.1) is 0 Å². The molecule has 0 aliphatic rings. The number of unbranched alkanes of at least 4 members (excludes halogenated alkanes) is 4. The molecule has 0 fully saturated rings. The minimum absolute atomic E-state index is 0.896. The molecule has 3 heteroatoms. The van der Waals surface area contributed by atoms with Crippen LogP contribution in [0, 0.1) is 0 Å². The van der Waals surface area contributed by atoms with Crippen LogP contribution in [0.3, 0.4) is 0 Å². The molecule has 0 rings (SSSR count). The molecule has 0 spiro atoms. The molecule has 0 saturated heterocycles. The fourth-order valence-corrected chi connectivity index (χ4v) is 2.15. The van der Waals surface area contributed by atoms with Crippen LogP contribution < -0.4 is 0 Å². The summed E-state index contributed by atoms with van der Waals surface area (Å²) in [5.41, 5.74) is 0. The Labute approximate surface area is 105 Å². The summed E-state index contributed by atoms with van der Waals surface area (Å²) in [7, 11) is 0.896. The summed E-state index contributed by atoms with van der Waals surface area (Å²) in [6, 6.07) is 0. The lowest BCUT2D eigenvalue weighted by Crippen LogP contribution is -2.27. The molecule has 0 aliphatic heterocycles. The lowest BCUT2D eigenvalue weighted by atomic mass is 10.2. The Morgan fingerprint density at radius 2 is 1.38 bits per heavy atom. The largest absolute Gasteiger partial charge is 0.428 e. The summed E-state index contributed by atoms with van der Waals surface area (Å²) in [5, 5.41) is 0. The Hall–Kier alpha value is 0.137. The van der Waals surface area contributed by atoms with Crippen LogP contribution in [-0.2, 0) is 4.43 Å². The standard InChI is InChI=1S/C13H31NOSi/c1-3-5-10-14(11-6-4-2)12-8-7-9-13-15-16/h3-13H2,1-2,16H3. The predicted octanol–water partition coefficient (Wildman–Crippen LogP) is 2.36. The lowest BCUT2D eigenvalue weighted by molar-refractivity contribution is 0.254. The summed E-state index contributed by atoms with van der Waals surface area (Å²) >= 11 is 0. The number of hydrogen-bond donors (Lipinski definition) is 0. The van der Waals surface area contributed by atoms with Crippen molar-refractivity contribution < 1.29 is 4.43 Å². The van der Waals surface area contributed by atoms with E-state index in [9.17, 15) is 0 Å². The van der Waals surface area contributed by atoms with Crippen molar-refractivity contribution in [2.75, 3.05) is 26.2 Å². The molecule has 0 aliphatic carbocycles. The van der Waals surface area contributed by atoms with E-state index < -0.39 is 0 Å². The maximum Gasteiger partial charge on any atom is 0.145 e. The van der Waals surface area contributed by atoms with E-state index in [0.717, 1.165) is 17.1 Å². The van der Waals surface area contributed by atoms with Gasteiger partial charge in [-0.3, -0.25) is 0 Å². The fraction of sp³-hybridized carbons (Fsp3) is 1.00. The second-order valence-electron chi connectivity index (χ2n) is 4.60. The first-order valence-corrected chi connectivity index (χ1v) is 7.88. The zero-order valence-electron chi connectivity index (χ0n) is 11.6. The van der Waals surface area contributed by atoms with Crippen molar-refractivity contribution in [3.05, 3.63) is 0 Å². The first-order chi connectivity index (χ1) is 7.85. The molecule has 0 radical (unpaired) electrons. The third kappa shape index (κ3) is 10.6. The zero-order chi connectivity index (χ0) is 12.1. The highest BCUT2D eigenvalue weighted by atomic mass is 28.2. The number of nitrogens with zero attached hydrogens (tertiary/aromatic N) is 1. The first kappa shape index (κ1) is 16.1. The normalized spacial score (nSPS) is 11.4. The molecule has 16 heavy (non-hydrogen) atoms. The minimum Gasteiger partial charge on any atom is -0.428 e. The maximum atomic E-state index is 5.20.